The number of nitriles is 1. The third-order valence-electron chi connectivity index (χ3n) is 7.22. The maximum atomic E-state index is 13.5. The van der Waals surface area contributed by atoms with E-state index in [4.69, 9.17) is 5.26 Å². The van der Waals surface area contributed by atoms with E-state index in [0.29, 0.717) is 18.3 Å². The van der Waals surface area contributed by atoms with Gasteiger partial charge in [0.2, 0.25) is 0 Å². The van der Waals surface area contributed by atoms with Gasteiger partial charge in [-0.1, -0.05) is 44.6 Å². The van der Waals surface area contributed by atoms with Crippen molar-refractivity contribution in [3.8, 4) is 6.07 Å². The van der Waals surface area contributed by atoms with E-state index in [-0.39, 0.29) is 0 Å². The Morgan fingerprint density at radius 2 is 1.41 bits per heavy atom. The quantitative estimate of drug-likeness (QED) is 0.423. The molecule has 0 aliphatic heterocycles. The molecule has 1 nitrogen and oxygen atoms in total. The molecule has 0 heterocycles. The zero-order valence-electron chi connectivity index (χ0n) is 17.2. The van der Waals surface area contributed by atoms with Crippen LogP contribution in [0.3, 0.4) is 0 Å². The summed E-state index contributed by atoms with van der Waals surface area (Å²) < 4.78 is 39.5. The lowest BCUT2D eigenvalue weighted by Gasteiger charge is -2.32. The Labute approximate surface area is 173 Å². The van der Waals surface area contributed by atoms with Crippen LogP contribution in [-0.4, -0.2) is 0 Å². The molecule has 2 fully saturated rings. The van der Waals surface area contributed by atoms with Gasteiger partial charge in [-0.05, 0) is 86.0 Å². The largest absolute Gasteiger partial charge is 0.204 e. The predicted octanol–water partition coefficient (Wildman–Crippen LogP) is 7.98. The fraction of sp³-hybridized carbons (Fsp3) is 0.640. The number of nitrogens with zero attached hydrogens (tertiary/aromatic N) is 1. The summed E-state index contributed by atoms with van der Waals surface area (Å²) in [5.74, 6) is 0.500. The van der Waals surface area contributed by atoms with Crippen LogP contribution in [0.2, 0.25) is 0 Å². The lowest BCUT2D eigenvalue weighted by Crippen LogP contribution is -2.18. The van der Waals surface area contributed by atoms with Gasteiger partial charge in [0, 0.05) is 0 Å². The maximum absolute atomic E-state index is 13.5. The number of hydrogen-bond acceptors (Lipinski definition) is 1. The molecule has 1 aromatic carbocycles. The maximum Gasteiger partial charge on any atom is 0.196 e. The van der Waals surface area contributed by atoms with E-state index in [0.717, 1.165) is 36.7 Å². The minimum absolute atomic E-state index is 0.372. The Morgan fingerprint density at radius 3 is 1.97 bits per heavy atom. The van der Waals surface area contributed by atoms with E-state index in [1.807, 2.05) is 0 Å². The second-order valence-corrected chi connectivity index (χ2v) is 9.10. The van der Waals surface area contributed by atoms with Gasteiger partial charge >= 0.3 is 0 Å². The first kappa shape index (κ1) is 21.9. The van der Waals surface area contributed by atoms with Crippen molar-refractivity contribution in [3.05, 3.63) is 47.3 Å². The lowest BCUT2D eigenvalue weighted by molar-refractivity contribution is 0.225. The minimum atomic E-state index is -0.761. The molecule has 0 saturated heterocycles. The Hall–Kier alpha value is -1.76. The predicted molar refractivity (Wildman–Crippen MR) is 110 cm³/mol. The standard InChI is InChI=1S/C25H32F3N/c26-23(17-29)3-1-2-18-4-6-19(7-5-18)8-9-20-10-12-21(13-11-20)22-14-15-24(27)25(28)16-22/h3,14-16,18-21H,1-2,4-13H2. The van der Waals surface area contributed by atoms with E-state index >= 15 is 0 Å². The highest BCUT2D eigenvalue weighted by atomic mass is 19.2. The first-order chi connectivity index (χ1) is 14.0. The van der Waals surface area contributed by atoms with Gasteiger partial charge in [0.1, 0.15) is 6.07 Å². The van der Waals surface area contributed by atoms with Gasteiger partial charge in [-0.25, -0.2) is 8.78 Å². The SMILES string of the molecule is N#CC(F)=CCCC1CCC(CCC2CCC(c3ccc(F)c(F)c3)CC2)CC1. The molecule has 0 bridgehead atoms. The molecule has 158 valence electrons. The summed E-state index contributed by atoms with van der Waals surface area (Å²) in [6, 6.07) is 5.91. The molecule has 0 radical (unpaired) electrons. The number of hydrogen-bond donors (Lipinski definition) is 0. The Bertz CT molecular complexity index is 720. The van der Waals surface area contributed by atoms with E-state index < -0.39 is 17.5 Å². The highest BCUT2D eigenvalue weighted by Crippen LogP contribution is 2.40. The van der Waals surface area contributed by atoms with Crippen molar-refractivity contribution in [2.45, 2.75) is 83.0 Å². The van der Waals surface area contributed by atoms with Gasteiger partial charge < -0.3 is 0 Å². The van der Waals surface area contributed by atoms with Crippen molar-refractivity contribution < 1.29 is 13.2 Å². The van der Waals surface area contributed by atoms with Crippen LogP contribution in [-0.2, 0) is 0 Å². The molecule has 2 aliphatic rings. The van der Waals surface area contributed by atoms with Crippen molar-refractivity contribution in [3.63, 3.8) is 0 Å². The molecule has 0 amide bonds. The average molecular weight is 404 g/mol. The first-order valence-electron chi connectivity index (χ1n) is 11.3. The van der Waals surface area contributed by atoms with E-state index in [1.165, 1.54) is 75.6 Å². The van der Waals surface area contributed by atoms with Gasteiger partial charge in [0.25, 0.3) is 0 Å². The summed E-state index contributed by atoms with van der Waals surface area (Å²) in [6.07, 6.45) is 15.2. The summed E-state index contributed by atoms with van der Waals surface area (Å²) in [4.78, 5) is 0. The zero-order chi connectivity index (χ0) is 20.6. The van der Waals surface area contributed by atoms with Gasteiger partial charge in [0.05, 0.1) is 0 Å². The van der Waals surface area contributed by atoms with Crippen molar-refractivity contribution in [2.24, 2.45) is 17.8 Å². The zero-order valence-corrected chi connectivity index (χ0v) is 17.2. The van der Waals surface area contributed by atoms with Crippen LogP contribution >= 0.6 is 0 Å². The summed E-state index contributed by atoms with van der Waals surface area (Å²) in [5, 5.41) is 8.44. The Kier molecular flexibility index (Phi) is 8.21. The number of benzene rings is 1. The summed E-state index contributed by atoms with van der Waals surface area (Å²) >= 11 is 0. The minimum Gasteiger partial charge on any atom is -0.204 e. The molecule has 0 N–H and O–H groups in total. The Balaban J connectivity index is 1.32. The number of rotatable bonds is 7. The second-order valence-electron chi connectivity index (χ2n) is 9.10. The fourth-order valence-corrected chi connectivity index (χ4v) is 5.32. The first-order valence-corrected chi connectivity index (χ1v) is 11.3. The number of allylic oxidation sites excluding steroid dienone is 2. The lowest BCUT2D eigenvalue weighted by atomic mass is 9.74. The third-order valence-corrected chi connectivity index (χ3v) is 7.22. The van der Waals surface area contributed by atoms with Gasteiger partial charge in [0.15, 0.2) is 17.5 Å². The summed E-state index contributed by atoms with van der Waals surface area (Å²) in [7, 11) is 0. The summed E-state index contributed by atoms with van der Waals surface area (Å²) in [6.45, 7) is 0. The third kappa shape index (κ3) is 6.63. The smallest absolute Gasteiger partial charge is 0.196 e. The molecule has 0 unspecified atom stereocenters. The van der Waals surface area contributed by atoms with Gasteiger partial charge in [-0.15, -0.1) is 0 Å². The van der Waals surface area contributed by atoms with Crippen LogP contribution in [0.15, 0.2) is 30.1 Å². The van der Waals surface area contributed by atoms with Crippen LogP contribution in [0.1, 0.15) is 88.5 Å². The van der Waals surface area contributed by atoms with Crippen molar-refractivity contribution in [1.82, 2.24) is 0 Å². The molecule has 2 saturated carbocycles. The molecule has 29 heavy (non-hydrogen) atoms. The second kappa shape index (κ2) is 10.9. The van der Waals surface area contributed by atoms with Crippen LogP contribution < -0.4 is 0 Å². The van der Waals surface area contributed by atoms with E-state index in [1.54, 1.807) is 6.07 Å². The van der Waals surface area contributed by atoms with Crippen molar-refractivity contribution in [1.29, 1.82) is 5.26 Å². The van der Waals surface area contributed by atoms with Crippen LogP contribution in [0.25, 0.3) is 0 Å². The van der Waals surface area contributed by atoms with Crippen LogP contribution in [0.5, 0.6) is 0 Å². The van der Waals surface area contributed by atoms with Crippen molar-refractivity contribution >= 4 is 0 Å². The Morgan fingerprint density at radius 1 is 0.862 bits per heavy atom. The van der Waals surface area contributed by atoms with Crippen LogP contribution in [0.4, 0.5) is 13.2 Å². The molecule has 4 heteroatoms. The monoisotopic (exact) mass is 403 g/mol. The van der Waals surface area contributed by atoms with Gasteiger partial charge in [-0.2, -0.15) is 9.65 Å². The fourth-order valence-electron chi connectivity index (χ4n) is 5.32. The summed E-state index contributed by atoms with van der Waals surface area (Å²) in [5.41, 5.74) is 0.949. The molecule has 1 aromatic rings. The average Bonchev–Trinajstić information content (AvgIpc) is 2.75. The highest BCUT2D eigenvalue weighted by Gasteiger charge is 2.25. The molecule has 0 atom stereocenters. The van der Waals surface area contributed by atoms with E-state index in [9.17, 15) is 13.2 Å². The topological polar surface area (TPSA) is 23.8 Å². The van der Waals surface area contributed by atoms with E-state index in [2.05, 4.69) is 0 Å². The molecular weight excluding hydrogens is 371 g/mol. The van der Waals surface area contributed by atoms with Gasteiger partial charge in [-0.3, -0.25) is 0 Å². The molecular formula is C25H32F3N. The molecule has 3 rings (SSSR count). The molecule has 2 aliphatic carbocycles. The molecule has 0 spiro atoms. The molecule has 0 aromatic heterocycles. The number of halogens is 3. The van der Waals surface area contributed by atoms with Crippen molar-refractivity contribution in [2.75, 3.05) is 0 Å². The van der Waals surface area contributed by atoms with Crippen LogP contribution in [0, 0.1) is 40.7 Å². The normalized spacial score (nSPS) is 28.1. The highest BCUT2D eigenvalue weighted by molar-refractivity contribution is 5.22.